The van der Waals surface area contributed by atoms with Crippen molar-refractivity contribution < 1.29 is 0 Å². The molecule has 96 valence electrons. The molecule has 0 saturated heterocycles. The van der Waals surface area contributed by atoms with Gasteiger partial charge in [-0.2, -0.15) is 0 Å². The fourth-order valence-electron chi connectivity index (χ4n) is 3.16. The highest BCUT2D eigenvalue weighted by Crippen LogP contribution is 2.38. The van der Waals surface area contributed by atoms with E-state index in [0.717, 1.165) is 18.2 Å². The van der Waals surface area contributed by atoms with Crippen LogP contribution in [0.15, 0.2) is 10.2 Å². The van der Waals surface area contributed by atoms with Crippen LogP contribution in [0.1, 0.15) is 45.7 Å². The lowest BCUT2D eigenvalue weighted by Crippen LogP contribution is -2.39. The third kappa shape index (κ3) is 3.68. The van der Waals surface area contributed by atoms with Gasteiger partial charge in [-0.3, -0.25) is 4.79 Å². The van der Waals surface area contributed by atoms with Crippen molar-refractivity contribution in [2.24, 2.45) is 11.3 Å². The van der Waals surface area contributed by atoms with Crippen molar-refractivity contribution in [2.45, 2.75) is 52.6 Å². The van der Waals surface area contributed by atoms with E-state index in [1.165, 1.54) is 30.6 Å². The smallest absolute Gasteiger partial charge is 0.304 e. The molecule has 2 rings (SSSR count). The van der Waals surface area contributed by atoms with Crippen molar-refractivity contribution in [1.29, 1.82) is 0 Å². The molecule has 1 saturated carbocycles. The largest absolute Gasteiger partial charge is 0.315 e. The van der Waals surface area contributed by atoms with Crippen molar-refractivity contribution in [3.8, 4) is 0 Å². The van der Waals surface area contributed by atoms with Gasteiger partial charge in [0.1, 0.15) is 0 Å². The van der Waals surface area contributed by atoms with Gasteiger partial charge in [0.2, 0.25) is 0 Å². The van der Waals surface area contributed by atoms with Crippen LogP contribution in [0.2, 0.25) is 0 Å². The Kier molecular flexibility index (Phi) is 3.73. The lowest BCUT2D eigenvalue weighted by Gasteiger charge is -2.39. The number of aromatic amines is 1. The van der Waals surface area contributed by atoms with E-state index in [1.54, 1.807) is 0 Å². The van der Waals surface area contributed by atoms with Crippen molar-refractivity contribution in [1.82, 2.24) is 10.3 Å². The van der Waals surface area contributed by atoms with Gasteiger partial charge in [0.25, 0.3) is 0 Å². The van der Waals surface area contributed by atoms with Crippen molar-refractivity contribution in [3.05, 3.63) is 20.7 Å². The third-order valence-corrected chi connectivity index (χ3v) is 4.26. The molecule has 0 spiro atoms. The number of hydrogen-bond donors (Lipinski definition) is 2. The monoisotopic (exact) mass is 254 g/mol. The van der Waals surface area contributed by atoms with Gasteiger partial charge in [0.05, 0.1) is 0 Å². The molecule has 2 atom stereocenters. The van der Waals surface area contributed by atoms with Gasteiger partial charge in [0, 0.05) is 23.7 Å². The molecule has 0 bridgehead atoms. The van der Waals surface area contributed by atoms with E-state index < -0.39 is 0 Å². The molecule has 1 heterocycles. The third-order valence-electron chi connectivity index (χ3n) is 3.54. The van der Waals surface area contributed by atoms with Gasteiger partial charge in [-0.25, -0.2) is 0 Å². The van der Waals surface area contributed by atoms with Crippen LogP contribution >= 0.6 is 11.3 Å². The first-order valence-corrected chi connectivity index (χ1v) is 7.23. The summed E-state index contributed by atoms with van der Waals surface area (Å²) in [5.74, 6) is 0.790. The lowest BCUT2D eigenvalue weighted by molar-refractivity contribution is 0.150. The standard InChI is InChI=1S/C13H22N2OS/c1-9-4-10(6-13(2,3)5-9)14-7-11-8-17-12(16)15-11/h8-10,14H,4-7H2,1-3H3,(H,15,16). The second-order valence-electron chi connectivity index (χ2n) is 6.16. The summed E-state index contributed by atoms with van der Waals surface area (Å²) < 4.78 is 0. The maximum Gasteiger partial charge on any atom is 0.304 e. The normalized spacial score (nSPS) is 28.2. The molecule has 0 aliphatic heterocycles. The second-order valence-corrected chi connectivity index (χ2v) is 7.01. The van der Waals surface area contributed by atoms with E-state index in [1.807, 2.05) is 5.38 Å². The highest BCUT2D eigenvalue weighted by Gasteiger charge is 2.31. The number of rotatable bonds is 3. The topological polar surface area (TPSA) is 44.9 Å². The van der Waals surface area contributed by atoms with Gasteiger partial charge in [-0.05, 0) is 30.6 Å². The molecule has 2 unspecified atom stereocenters. The molecule has 1 fully saturated rings. The Bertz CT molecular complexity index is 421. The minimum absolute atomic E-state index is 0.0409. The van der Waals surface area contributed by atoms with E-state index >= 15 is 0 Å². The molecule has 0 aromatic carbocycles. The average molecular weight is 254 g/mol. The summed E-state index contributed by atoms with van der Waals surface area (Å²) >= 11 is 1.24. The zero-order valence-electron chi connectivity index (χ0n) is 10.9. The van der Waals surface area contributed by atoms with Crippen molar-refractivity contribution in [3.63, 3.8) is 0 Å². The fraction of sp³-hybridized carbons (Fsp3) is 0.769. The van der Waals surface area contributed by atoms with Gasteiger partial charge < -0.3 is 10.3 Å². The molecule has 17 heavy (non-hydrogen) atoms. The highest BCUT2D eigenvalue weighted by atomic mass is 32.1. The van der Waals surface area contributed by atoms with Crippen LogP contribution in [-0.4, -0.2) is 11.0 Å². The summed E-state index contributed by atoms with van der Waals surface area (Å²) in [4.78, 5) is 13.9. The Morgan fingerprint density at radius 1 is 1.53 bits per heavy atom. The van der Waals surface area contributed by atoms with E-state index in [2.05, 4.69) is 31.1 Å². The molecule has 3 nitrogen and oxygen atoms in total. The predicted octanol–water partition coefficient (Wildman–Crippen LogP) is 2.74. The Balaban J connectivity index is 1.88. The Morgan fingerprint density at radius 2 is 2.29 bits per heavy atom. The van der Waals surface area contributed by atoms with E-state index in [9.17, 15) is 4.79 Å². The van der Waals surface area contributed by atoms with Gasteiger partial charge in [-0.1, -0.05) is 32.1 Å². The molecule has 0 amide bonds. The van der Waals surface area contributed by atoms with Crippen molar-refractivity contribution in [2.75, 3.05) is 0 Å². The summed E-state index contributed by atoms with van der Waals surface area (Å²) in [6, 6.07) is 0.581. The molecule has 1 aliphatic rings. The van der Waals surface area contributed by atoms with Crippen LogP contribution in [0.25, 0.3) is 0 Å². The molecule has 1 aromatic heterocycles. The summed E-state index contributed by atoms with van der Waals surface area (Å²) in [5.41, 5.74) is 1.45. The fourth-order valence-corrected chi connectivity index (χ4v) is 3.74. The van der Waals surface area contributed by atoms with E-state index in [4.69, 9.17) is 0 Å². The molecule has 2 N–H and O–H groups in total. The van der Waals surface area contributed by atoms with Gasteiger partial charge in [-0.15, -0.1) is 0 Å². The SMILES string of the molecule is CC1CC(NCc2csc(=O)[nH]2)CC(C)(C)C1. The zero-order valence-corrected chi connectivity index (χ0v) is 11.7. The number of H-pyrrole nitrogens is 1. The van der Waals surface area contributed by atoms with Crippen LogP contribution in [0.5, 0.6) is 0 Å². The first kappa shape index (κ1) is 12.8. The lowest BCUT2D eigenvalue weighted by atomic mass is 9.70. The maximum absolute atomic E-state index is 11.0. The van der Waals surface area contributed by atoms with Crippen LogP contribution in [0.3, 0.4) is 0 Å². The van der Waals surface area contributed by atoms with Crippen LogP contribution < -0.4 is 10.2 Å². The van der Waals surface area contributed by atoms with Gasteiger partial charge >= 0.3 is 4.87 Å². The van der Waals surface area contributed by atoms with Crippen LogP contribution in [0, 0.1) is 11.3 Å². The number of hydrogen-bond acceptors (Lipinski definition) is 3. The van der Waals surface area contributed by atoms with Crippen LogP contribution in [-0.2, 0) is 6.54 Å². The van der Waals surface area contributed by atoms with Crippen molar-refractivity contribution >= 4 is 11.3 Å². The number of nitrogens with one attached hydrogen (secondary N) is 2. The summed E-state index contributed by atoms with van der Waals surface area (Å²) in [7, 11) is 0. The summed E-state index contributed by atoms with van der Waals surface area (Å²) in [5, 5.41) is 5.48. The molecule has 1 aliphatic carbocycles. The van der Waals surface area contributed by atoms with Crippen LogP contribution in [0.4, 0.5) is 0 Å². The Morgan fingerprint density at radius 3 is 2.88 bits per heavy atom. The average Bonchev–Trinajstić information content (AvgIpc) is 2.58. The van der Waals surface area contributed by atoms with E-state index in [-0.39, 0.29) is 4.87 Å². The maximum atomic E-state index is 11.0. The summed E-state index contributed by atoms with van der Waals surface area (Å²) in [6.07, 6.45) is 3.80. The minimum Gasteiger partial charge on any atom is -0.315 e. The molecule has 4 heteroatoms. The molecular formula is C13H22N2OS. The zero-order chi connectivity index (χ0) is 12.5. The Hall–Kier alpha value is -0.610. The molecule has 1 aromatic rings. The predicted molar refractivity (Wildman–Crippen MR) is 72.4 cm³/mol. The first-order valence-electron chi connectivity index (χ1n) is 6.35. The van der Waals surface area contributed by atoms with E-state index in [0.29, 0.717) is 11.5 Å². The molecular weight excluding hydrogens is 232 g/mol. The summed E-state index contributed by atoms with van der Waals surface area (Å²) in [6.45, 7) is 7.82. The quantitative estimate of drug-likeness (QED) is 0.871. The Labute approximate surface area is 107 Å². The first-order chi connectivity index (χ1) is 7.94. The minimum atomic E-state index is 0.0409. The number of aromatic nitrogens is 1. The number of thiazole rings is 1. The molecule has 0 radical (unpaired) electrons. The highest BCUT2D eigenvalue weighted by molar-refractivity contribution is 7.07. The second kappa shape index (κ2) is 4.94. The van der Waals surface area contributed by atoms with Gasteiger partial charge in [0.15, 0.2) is 0 Å².